The zero-order valence-corrected chi connectivity index (χ0v) is 27.0. The Bertz CT molecular complexity index is 1160. The lowest BCUT2D eigenvalue weighted by Crippen LogP contribution is -2.67. The lowest BCUT2D eigenvalue weighted by atomic mass is 9.32. The summed E-state index contributed by atoms with van der Waals surface area (Å²) in [6.07, 6.45) is 18.1. The van der Waals surface area contributed by atoms with E-state index in [1.165, 1.54) is 6.42 Å². The summed E-state index contributed by atoms with van der Waals surface area (Å²) in [5.74, 6) is 0.813. The Hall–Kier alpha value is -1.70. The van der Waals surface area contributed by atoms with Crippen LogP contribution in [-0.4, -0.2) is 72.1 Å². The number of ether oxygens (including phenoxy) is 2. The summed E-state index contributed by atoms with van der Waals surface area (Å²) in [4.78, 5) is 29.5. The molecular formula is C36H55NO6. The SMILES string of the molecule is CCOC(=O)N(CCCOC)CC1(O)CCC2C34C=CC5(C=C3C(=O)C3CCCCC3)CC(O)CCC5(C)C4CCC21C. The first-order chi connectivity index (χ1) is 20.5. The molecule has 1 amide bonds. The minimum atomic E-state index is -1.08. The van der Waals surface area contributed by atoms with E-state index >= 15 is 0 Å². The molecule has 2 N–H and O–H groups in total. The van der Waals surface area contributed by atoms with Crippen LogP contribution in [0.2, 0.25) is 0 Å². The molecule has 2 bridgehead atoms. The van der Waals surface area contributed by atoms with Crippen LogP contribution in [-0.2, 0) is 14.3 Å². The third-order valence-electron chi connectivity index (χ3n) is 13.7. The van der Waals surface area contributed by atoms with Crippen LogP contribution in [0.25, 0.3) is 0 Å². The van der Waals surface area contributed by atoms with E-state index in [-0.39, 0.29) is 41.4 Å². The number of aliphatic hydroxyl groups excluding tert-OH is 1. The highest BCUT2D eigenvalue weighted by molar-refractivity contribution is 6.00. The summed E-state index contributed by atoms with van der Waals surface area (Å²) in [7, 11) is 1.66. The van der Waals surface area contributed by atoms with Gasteiger partial charge in [-0.2, -0.15) is 0 Å². The number of Topliss-reactive ketones (excluding diaryl/α,β-unsaturated/α-hetero) is 1. The van der Waals surface area contributed by atoms with Crippen LogP contribution in [0.5, 0.6) is 0 Å². The van der Waals surface area contributed by atoms with E-state index in [0.717, 1.165) is 63.4 Å². The Balaban J connectivity index is 1.40. The van der Waals surface area contributed by atoms with Crippen molar-refractivity contribution in [3.05, 3.63) is 23.8 Å². The van der Waals surface area contributed by atoms with E-state index in [2.05, 4.69) is 32.1 Å². The van der Waals surface area contributed by atoms with Gasteiger partial charge in [0, 0.05) is 48.0 Å². The van der Waals surface area contributed by atoms with Crippen molar-refractivity contribution in [3.63, 3.8) is 0 Å². The standard InChI is InChI=1S/C36H55NO6/c1-5-43-31(40)37(20-9-21-42-4)24-35(41)17-14-29-33(35,3)16-13-28-32(2)15-12-26(38)22-34(32)18-19-36(28,29)27(23-34)30(39)25-10-7-6-8-11-25/h18-19,23,25-26,28-29,38,41H,5-17,20-22,24H2,1-4H3. The van der Waals surface area contributed by atoms with Crippen LogP contribution in [0.1, 0.15) is 104 Å². The fraction of sp³-hybridized carbons (Fsp3) is 0.833. The molecule has 0 aromatic carbocycles. The molecule has 0 aliphatic heterocycles. The van der Waals surface area contributed by atoms with Crippen molar-refractivity contribution in [2.45, 2.75) is 116 Å². The van der Waals surface area contributed by atoms with Crippen LogP contribution < -0.4 is 0 Å². The maximum atomic E-state index is 14.7. The van der Waals surface area contributed by atoms with Gasteiger partial charge < -0.3 is 24.6 Å². The number of hydrogen-bond donors (Lipinski definition) is 2. The number of methoxy groups -OCH3 is 1. The van der Waals surface area contributed by atoms with Gasteiger partial charge in [-0.1, -0.05) is 51.3 Å². The number of allylic oxidation sites excluding steroid dienone is 4. The Morgan fingerprint density at radius 1 is 0.977 bits per heavy atom. The zero-order chi connectivity index (χ0) is 30.7. The van der Waals surface area contributed by atoms with Gasteiger partial charge >= 0.3 is 6.09 Å². The van der Waals surface area contributed by atoms with Gasteiger partial charge in [-0.15, -0.1) is 0 Å². The van der Waals surface area contributed by atoms with E-state index in [1.807, 2.05) is 6.92 Å². The molecule has 43 heavy (non-hydrogen) atoms. The van der Waals surface area contributed by atoms with Crippen LogP contribution >= 0.6 is 0 Å². The fourth-order valence-corrected chi connectivity index (χ4v) is 11.4. The zero-order valence-electron chi connectivity index (χ0n) is 27.0. The molecule has 2 spiro atoms. The molecular weight excluding hydrogens is 542 g/mol. The first kappa shape index (κ1) is 31.3. The monoisotopic (exact) mass is 597 g/mol. The third kappa shape index (κ3) is 4.52. The van der Waals surface area contributed by atoms with Crippen molar-refractivity contribution in [3.8, 4) is 0 Å². The minimum Gasteiger partial charge on any atom is -0.450 e. The molecule has 240 valence electrons. The van der Waals surface area contributed by atoms with Gasteiger partial charge in [-0.3, -0.25) is 4.79 Å². The van der Waals surface area contributed by atoms with Crippen molar-refractivity contribution < 1.29 is 29.3 Å². The summed E-state index contributed by atoms with van der Waals surface area (Å²) >= 11 is 0. The Morgan fingerprint density at radius 2 is 1.67 bits per heavy atom. The number of hydrogen-bond acceptors (Lipinski definition) is 6. The first-order valence-electron chi connectivity index (χ1n) is 17.3. The average molecular weight is 598 g/mol. The summed E-state index contributed by atoms with van der Waals surface area (Å²) < 4.78 is 10.7. The lowest BCUT2D eigenvalue weighted by molar-refractivity contribution is -0.178. The number of ketones is 1. The number of carbonyl (C=O) groups excluding carboxylic acids is 2. The Kier molecular flexibility index (Phi) is 8.20. The van der Waals surface area contributed by atoms with Crippen molar-refractivity contribution in [2.24, 2.45) is 39.4 Å². The average Bonchev–Trinajstić information content (AvgIpc) is 3.27. The topological polar surface area (TPSA) is 96.3 Å². The molecule has 0 radical (unpaired) electrons. The summed E-state index contributed by atoms with van der Waals surface area (Å²) in [5.41, 5.74) is -1.29. The number of amides is 1. The minimum absolute atomic E-state index is 0.0313. The van der Waals surface area contributed by atoms with E-state index < -0.39 is 16.4 Å². The predicted octanol–water partition coefficient (Wildman–Crippen LogP) is 6.22. The summed E-state index contributed by atoms with van der Waals surface area (Å²) in [6, 6.07) is 0. The molecule has 0 aromatic rings. The number of carbonyl (C=O) groups is 2. The summed E-state index contributed by atoms with van der Waals surface area (Å²) in [6.45, 7) is 8.02. The Morgan fingerprint density at radius 3 is 2.40 bits per heavy atom. The van der Waals surface area contributed by atoms with Crippen LogP contribution in [0.3, 0.4) is 0 Å². The quantitative estimate of drug-likeness (QED) is 0.242. The van der Waals surface area contributed by atoms with Crippen molar-refractivity contribution in [2.75, 3.05) is 33.4 Å². The third-order valence-corrected chi connectivity index (χ3v) is 13.7. The van der Waals surface area contributed by atoms with Gasteiger partial charge in [-0.05, 0) is 88.4 Å². The maximum absolute atomic E-state index is 14.7. The van der Waals surface area contributed by atoms with Crippen molar-refractivity contribution in [1.82, 2.24) is 4.90 Å². The fourth-order valence-electron chi connectivity index (χ4n) is 11.4. The normalized spacial score (nSPS) is 43.4. The van der Waals surface area contributed by atoms with Gasteiger partial charge in [0.05, 0.1) is 24.9 Å². The Labute approximate surface area is 258 Å². The molecule has 0 saturated heterocycles. The highest BCUT2D eigenvalue weighted by Crippen LogP contribution is 2.78. The van der Waals surface area contributed by atoms with Gasteiger partial charge in [-0.25, -0.2) is 4.79 Å². The van der Waals surface area contributed by atoms with E-state index in [1.54, 1.807) is 12.0 Å². The number of rotatable bonds is 9. The predicted molar refractivity (Wildman–Crippen MR) is 165 cm³/mol. The molecule has 7 aliphatic rings. The number of fused-ring (bicyclic) bond motifs is 1. The molecule has 0 heterocycles. The second-order valence-electron chi connectivity index (χ2n) is 15.5. The molecule has 8 atom stereocenters. The summed E-state index contributed by atoms with van der Waals surface area (Å²) in [5, 5.41) is 23.6. The second-order valence-corrected chi connectivity index (χ2v) is 15.5. The molecule has 0 aromatic heterocycles. The molecule has 8 unspecified atom stereocenters. The molecule has 7 heteroatoms. The van der Waals surface area contributed by atoms with Crippen LogP contribution in [0.4, 0.5) is 4.79 Å². The molecule has 7 nitrogen and oxygen atoms in total. The van der Waals surface area contributed by atoms with Gasteiger partial charge in [0.25, 0.3) is 0 Å². The van der Waals surface area contributed by atoms with Gasteiger partial charge in [0.2, 0.25) is 0 Å². The highest BCUT2D eigenvalue weighted by Gasteiger charge is 2.74. The van der Waals surface area contributed by atoms with Crippen LogP contribution in [0.15, 0.2) is 23.8 Å². The van der Waals surface area contributed by atoms with E-state index in [9.17, 15) is 19.8 Å². The highest BCUT2D eigenvalue weighted by atomic mass is 16.6. The molecule has 7 aliphatic carbocycles. The van der Waals surface area contributed by atoms with Gasteiger partial charge in [0.1, 0.15) is 0 Å². The number of nitrogens with zero attached hydrogens (tertiary/aromatic N) is 1. The van der Waals surface area contributed by atoms with E-state index in [0.29, 0.717) is 50.7 Å². The smallest absolute Gasteiger partial charge is 0.409 e. The second kappa shape index (κ2) is 11.3. The number of aliphatic hydroxyl groups is 2. The molecule has 4 fully saturated rings. The molecule has 4 saturated carbocycles. The van der Waals surface area contributed by atoms with Crippen molar-refractivity contribution >= 4 is 11.9 Å². The van der Waals surface area contributed by atoms with Gasteiger partial charge in [0.15, 0.2) is 5.78 Å². The molecule has 7 rings (SSSR count). The van der Waals surface area contributed by atoms with E-state index in [4.69, 9.17) is 9.47 Å². The largest absolute Gasteiger partial charge is 0.450 e. The lowest BCUT2D eigenvalue weighted by Gasteiger charge is -2.71. The van der Waals surface area contributed by atoms with Crippen LogP contribution in [0, 0.1) is 39.4 Å². The first-order valence-corrected chi connectivity index (χ1v) is 17.3. The maximum Gasteiger partial charge on any atom is 0.409 e. The van der Waals surface area contributed by atoms with Crippen molar-refractivity contribution in [1.29, 1.82) is 0 Å².